The summed E-state index contributed by atoms with van der Waals surface area (Å²) < 4.78 is 5.27. The van der Waals surface area contributed by atoms with Crippen LogP contribution < -0.4 is 11.1 Å². The maximum Gasteiger partial charge on any atom is 0.412 e. The molecule has 116 valence electrons. The minimum atomic E-state index is -0.497. The standard InChI is InChI=1S/C17H26N2O2/c1-10-9-11(13-14(18)17(13,5)6)7-8-12(10)19-15(20)21-16(2,3)4/h7-9,13-14H,18H2,1-6H3,(H,19,20). The highest BCUT2D eigenvalue weighted by molar-refractivity contribution is 5.86. The van der Waals surface area contributed by atoms with E-state index in [1.807, 2.05) is 39.8 Å². The van der Waals surface area contributed by atoms with Crippen molar-refractivity contribution in [2.75, 3.05) is 5.32 Å². The number of carbonyl (C=O) groups is 1. The molecule has 1 amide bonds. The molecule has 1 fully saturated rings. The third-order valence-corrected chi connectivity index (χ3v) is 4.16. The molecule has 4 heteroatoms. The third kappa shape index (κ3) is 3.38. The van der Waals surface area contributed by atoms with E-state index in [1.165, 1.54) is 5.56 Å². The number of carbonyl (C=O) groups excluding carboxylic acids is 1. The van der Waals surface area contributed by atoms with Crippen LogP contribution in [0.1, 0.15) is 51.7 Å². The molecule has 0 heterocycles. The normalized spacial score (nSPS) is 23.6. The van der Waals surface area contributed by atoms with Gasteiger partial charge in [0, 0.05) is 17.6 Å². The largest absolute Gasteiger partial charge is 0.444 e. The van der Waals surface area contributed by atoms with Crippen molar-refractivity contribution >= 4 is 11.8 Å². The van der Waals surface area contributed by atoms with E-state index in [4.69, 9.17) is 10.5 Å². The Balaban J connectivity index is 2.09. The van der Waals surface area contributed by atoms with Crippen LogP contribution in [-0.4, -0.2) is 17.7 Å². The van der Waals surface area contributed by atoms with E-state index in [2.05, 4.69) is 25.2 Å². The fraction of sp³-hybridized carbons (Fsp3) is 0.588. The first-order valence-corrected chi connectivity index (χ1v) is 7.38. The minimum Gasteiger partial charge on any atom is -0.444 e. The van der Waals surface area contributed by atoms with Crippen molar-refractivity contribution in [1.82, 2.24) is 0 Å². The van der Waals surface area contributed by atoms with Gasteiger partial charge < -0.3 is 10.5 Å². The molecule has 0 saturated heterocycles. The second-order valence-electron chi connectivity index (χ2n) is 7.53. The maximum absolute atomic E-state index is 11.8. The smallest absolute Gasteiger partial charge is 0.412 e. The average Bonchev–Trinajstić information content (AvgIpc) is 2.78. The average molecular weight is 290 g/mol. The van der Waals surface area contributed by atoms with Gasteiger partial charge in [-0.3, -0.25) is 5.32 Å². The highest BCUT2D eigenvalue weighted by atomic mass is 16.6. The summed E-state index contributed by atoms with van der Waals surface area (Å²) in [6, 6.07) is 6.28. The number of amides is 1. The Kier molecular flexibility index (Phi) is 3.79. The Morgan fingerprint density at radius 1 is 1.33 bits per heavy atom. The summed E-state index contributed by atoms with van der Waals surface area (Å²) in [6.07, 6.45) is -0.429. The van der Waals surface area contributed by atoms with Gasteiger partial charge in [0.15, 0.2) is 0 Å². The number of ether oxygens (including phenoxy) is 1. The van der Waals surface area contributed by atoms with Gasteiger partial charge in [0.25, 0.3) is 0 Å². The second kappa shape index (κ2) is 5.02. The molecule has 1 saturated carbocycles. The molecule has 2 rings (SSSR count). The zero-order valence-electron chi connectivity index (χ0n) is 13.8. The minimum absolute atomic E-state index is 0.159. The molecule has 1 aromatic rings. The lowest BCUT2D eigenvalue weighted by molar-refractivity contribution is 0.0636. The van der Waals surface area contributed by atoms with Gasteiger partial charge in [-0.05, 0) is 50.3 Å². The number of nitrogens with two attached hydrogens (primary N) is 1. The fourth-order valence-corrected chi connectivity index (χ4v) is 2.75. The Morgan fingerprint density at radius 2 is 1.90 bits per heavy atom. The molecular formula is C17H26N2O2. The van der Waals surface area contributed by atoms with Crippen molar-refractivity contribution in [3.8, 4) is 0 Å². The van der Waals surface area contributed by atoms with E-state index < -0.39 is 11.7 Å². The number of nitrogens with one attached hydrogen (secondary N) is 1. The van der Waals surface area contributed by atoms with Crippen LogP contribution in [0.5, 0.6) is 0 Å². The van der Waals surface area contributed by atoms with Gasteiger partial charge in [-0.1, -0.05) is 26.0 Å². The van der Waals surface area contributed by atoms with Crippen molar-refractivity contribution in [2.45, 2.75) is 59.1 Å². The summed E-state index contributed by atoms with van der Waals surface area (Å²) in [5, 5.41) is 2.79. The molecule has 1 aromatic carbocycles. The number of aryl methyl sites for hydroxylation is 1. The van der Waals surface area contributed by atoms with Crippen LogP contribution in [0.2, 0.25) is 0 Å². The van der Waals surface area contributed by atoms with E-state index in [9.17, 15) is 4.79 Å². The van der Waals surface area contributed by atoms with Crippen molar-refractivity contribution in [2.24, 2.45) is 11.1 Å². The van der Waals surface area contributed by atoms with Crippen LogP contribution in [0.15, 0.2) is 18.2 Å². The Hall–Kier alpha value is -1.55. The maximum atomic E-state index is 11.8. The quantitative estimate of drug-likeness (QED) is 0.871. The lowest BCUT2D eigenvalue weighted by Gasteiger charge is -2.20. The first kappa shape index (κ1) is 15.8. The van der Waals surface area contributed by atoms with Crippen molar-refractivity contribution in [1.29, 1.82) is 0 Å². The number of anilines is 1. The van der Waals surface area contributed by atoms with Crippen molar-refractivity contribution in [3.63, 3.8) is 0 Å². The molecule has 3 N–H and O–H groups in total. The highest BCUT2D eigenvalue weighted by Gasteiger charge is 2.56. The first-order valence-electron chi connectivity index (χ1n) is 7.38. The van der Waals surface area contributed by atoms with E-state index in [0.29, 0.717) is 5.92 Å². The van der Waals surface area contributed by atoms with E-state index >= 15 is 0 Å². The SMILES string of the molecule is Cc1cc(C2C(N)C2(C)C)ccc1NC(=O)OC(C)(C)C. The van der Waals surface area contributed by atoms with Crippen molar-refractivity contribution in [3.05, 3.63) is 29.3 Å². The number of benzene rings is 1. The topological polar surface area (TPSA) is 64.3 Å². The van der Waals surface area contributed by atoms with Gasteiger partial charge in [0.2, 0.25) is 0 Å². The summed E-state index contributed by atoms with van der Waals surface area (Å²) in [7, 11) is 0. The number of hydrogen-bond acceptors (Lipinski definition) is 3. The summed E-state index contributed by atoms with van der Waals surface area (Å²) in [4.78, 5) is 11.8. The fourth-order valence-electron chi connectivity index (χ4n) is 2.75. The van der Waals surface area contributed by atoms with Crippen LogP contribution in [-0.2, 0) is 4.74 Å². The van der Waals surface area contributed by atoms with Gasteiger partial charge in [0.1, 0.15) is 5.60 Å². The molecule has 1 aliphatic carbocycles. The lowest BCUT2D eigenvalue weighted by Crippen LogP contribution is -2.27. The molecule has 0 radical (unpaired) electrons. The Labute approximate surface area is 127 Å². The van der Waals surface area contributed by atoms with Gasteiger partial charge >= 0.3 is 6.09 Å². The third-order valence-electron chi connectivity index (χ3n) is 4.16. The first-order chi connectivity index (χ1) is 9.52. The van der Waals surface area contributed by atoms with Crippen LogP contribution in [0.25, 0.3) is 0 Å². The Bertz CT molecular complexity index is 558. The second-order valence-corrected chi connectivity index (χ2v) is 7.53. The van der Waals surface area contributed by atoms with Gasteiger partial charge in [-0.15, -0.1) is 0 Å². The summed E-state index contributed by atoms with van der Waals surface area (Å²) in [6.45, 7) is 11.9. The molecule has 0 aliphatic heterocycles. The molecule has 21 heavy (non-hydrogen) atoms. The molecule has 0 aromatic heterocycles. The molecule has 4 nitrogen and oxygen atoms in total. The van der Waals surface area contributed by atoms with Gasteiger partial charge in [-0.2, -0.15) is 0 Å². The summed E-state index contributed by atoms with van der Waals surface area (Å²) in [5.41, 5.74) is 8.82. The molecule has 0 spiro atoms. The summed E-state index contributed by atoms with van der Waals surface area (Å²) in [5.74, 6) is 0.395. The van der Waals surface area contributed by atoms with Crippen LogP contribution in [0, 0.1) is 12.3 Å². The van der Waals surface area contributed by atoms with Gasteiger partial charge in [-0.25, -0.2) is 4.79 Å². The zero-order chi connectivity index (χ0) is 16.0. The molecule has 2 atom stereocenters. The lowest BCUT2D eigenvalue weighted by atomic mass is 10.0. The van der Waals surface area contributed by atoms with Gasteiger partial charge in [0.05, 0.1) is 0 Å². The monoisotopic (exact) mass is 290 g/mol. The zero-order valence-corrected chi connectivity index (χ0v) is 13.8. The van der Waals surface area contributed by atoms with E-state index in [1.54, 1.807) is 0 Å². The van der Waals surface area contributed by atoms with Crippen LogP contribution >= 0.6 is 0 Å². The highest BCUT2D eigenvalue weighted by Crippen LogP contribution is 2.57. The van der Waals surface area contributed by atoms with Crippen LogP contribution in [0.3, 0.4) is 0 Å². The predicted molar refractivity (Wildman–Crippen MR) is 85.5 cm³/mol. The molecule has 1 aliphatic rings. The molecule has 2 unspecified atom stereocenters. The predicted octanol–water partition coefficient (Wildman–Crippen LogP) is 3.79. The Morgan fingerprint density at radius 3 is 2.33 bits per heavy atom. The number of hydrogen-bond donors (Lipinski definition) is 2. The number of rotatable bonds is 2. The van der Waals surface area contributed by atoms with Crippen molar-refractivity contribution < 1.29 is 9.53 Å². The summed E-state index contributed by atoms with van der Waals surface area (Å²) >= 11 is 0. The molecular weight excluding hydrogens is 264 g/mol. The van der Waals surface area contributed by atoms with Crippen LogP contribution in [0.4, 0.5) is 10.5 Å². The van der Waals surface area contributed by atoms with E-state index in [-0.39, 0.29) is 11.5 Å². The molecule has 0 bridgehead atoms. The van der Waals surface area contributed by atoms with E-state index in [0.717, 1.165) is 11.3 Å².